The highest BCUT2D eigenvalue weighted by molar-refractivity contribution is 7.27. The van der Waals surface area contributed by atoms with E-state index < -0.39 is 0 Å². The maximum Gasteiger partial charge on any atom is 0.0640 e. The lowest BCUT2D eigenvalue weighted by Gasteiger charge is -2.29. The molecule has 0 radical (unpaired) electrons. The van der Waals surface area contributed by atoms with E-state index >= 15 is 0 Å². The molecule has 68 heavy (non-hydrogen) atoms. The van der Waals surface area contributed by atoms with Crippen LogP contribution in [0, 0.1) is 0 Å². The second-order valence-corrected chi connectivity index (χ2v) is 18.7. The van der Waals surface area contributed by atoms with Crippen LogP contribution in [0.3, 0.4) is 0 Å². The summed E-state index contributed by atoms with van der Waals surface area (Å²) in [7, 11) is 0. The van der Waals surface area contributed by atoms with E-state index in [1.165, 1.54) is 108 Å². The molecular formula is C66H43NS. The summed E-state index contributed by atoms with van der Waals surface area (Å²) in [6, 6.07) is 95.7. The predicted octanol–water partition coefficient (Wildman–Crippen LogP) is 19.3. The lowest BCUT2D eigenvalue weighted by Crippen LogP contribution is -2.11. The van der Waals surface area contributed by atoms with Gasteiger partial charge in [-0.15, -0.1) is 11.3 Å². The van der Waals surface area contributed by atoms with Gasteiger partial charge in [-0.05, 0) is 131 Å². The fourth-order valence-corrected chi connectivity index (χ4v) is 11.6. The number of nitrogens with zero attached hydrogens (tertiary/aromatic N) is 1. The first kappa shape index (κ1) is 39.8. The summed E-state index contributed by atoms with van der Waals surface area (Å²) in [6.07, 6.45) is 0. The fraction of sp³-hybridized carbons (Fsp3) is 0. The average molecular weight is 882 g/mol. The van der Waals surface area contributed by atoms with Gasteiger partial charge in [0.05, 0.1) is 16.1 Å². The Morgan fingerprint density at radius 3 is 1.40 bits per heavy atom. The molecule has 0 N–H and O–H groups in total. The molecule has 2 heteroatoms. The van der Waals surface area contributed by atoms with Crippen molar-refractivity contribution in [2.75, 3.05) is 4.90 Å². The smallest absolute Gasteiger partial charge is 0.0640 e. The van der Waals surface area contributed by atoms with Crippen LogP contribution in [0.4, 0.5) is 17.1 Å². The summed E-state index contributed by atoms with van der Waals surface area (Å²) < 4.78 is 2.56. The van der Waals surface area contributed by atoms with E-state index in [0.717, 1.165) is 17.1 Å². The quantitative estimate of drug-likeness (QED) is 0.147. The average Bonchev–Trinajstić information content (AvgIpc) is 3.82. The first-order chi connectivity index (χ1) is 33.7. The van der Waals surface area contributed by atoms with Crippen molar-refractivity contribution in [1.82, 2.24) is 0 Å². The third-order valence-electron chi connectivity index (χ3n) is 13.6. The molecule has 1 nitrogen and oxygen atoms in total. The van der Waals surface area contributed by atoms with Crippen LogP contribution in [0.2, 0.25) is 0 Å². The monoisotopic (exact) mass is 881 g/mol. The van der Waals surface area contributed by atoms with Crippen molar-refractivity contribution in [3.63, 3.8) is 0 Å². The molecule has 12 aromatic carbocycles. The molecule has 0 spiro atoms. The van der Waals surface area contributed by atoms with Crippen LogP contribution in [-0.2, 0) is 0 Å². The van der Waals surface area contributed by atoms with E-state index in [-0.39, 0.29) is 0 Å². The van der Waals surface area contributed by atoms with E-state index in [4.69, 9.17) is 0 Å². The molecule has 0 amide bonds. The standard InChI is InChI=1S/C66H43NS/c1-4-15-44(16-5-1)55-35-38-62(60(42-55)47-18-6-2-7-19-47)67(63-26-14-25-59-64-58-24-13-12-23-56(58)43-61(66(64)68-65(59)63)48-20-8-3-9-21-48)57-36-33-46(34-37-57)50-29-30-53-41-54(32-31-52(53)40-50)51-28-27-45-17-10-11-22-49(45)39-51/h1-43H. The van der Waals surface area contributed by atoms with Crippen molar-refractivity contribution < 1.29 is 0 Å². The number of benzene rings is 12. The van der Waals surface area contributed by atoms with Crippen molar-refractivity contribution in [2.45, 2.75) is 0 Å². The van der Waals surface area contributed by atoms with E-state index in [1.54, 1.807) is 0 Å². The van der Waals surface area contributed by atoms with Crippen molar-refractivity contribution in [3.8, 4) is 55.6 Å². The SMILES string of the molecule is c1ccc(-c2ccc(N(c3ccc(-c4ccc5cc(-c6ccc7ccccc7c6)ccc5c4)cc3)c3cccc4c3sc3c(-c5ccccc5)cc5ccccc5c34)c(-c3ccccc3)c2)cc1. The Labute approximate surface area is 400 Å². The molecule has 0 fully saturated rings. The second-order valence-electron chi connectivity index (χ2n) is 17.7. The molecule has 0 atom stereocenters. The van der Waals surface area contributed by atoms with Gasteiger partial charge < -0.3 is 4.90 Å². The highest BCUT2D eigenvalue weighted by Crippen LogP contribution is 2.51. The minimum absolute atomic E-state index is 1.09. The number of thiophene rings is 1. The molecule has 13 aromatic rings. The van der Waals surface area contributed by atoms with E-state index in [0.29, 0.717) is 0 Å². The van der Waals surface area contributed by atoms with Crippen molar-refractivity contribution in [1.29, 1.82) is 0 Å². The zero-order valence-corrected chi connectivity index (χ0v) is 38.0. The van der Waals surface area contributed by atoms with Gasteiger partial charge in [-0.2, -0.15) is 0 Å². The van der Waals surface area contributed by atoms with Gasteiger partial charge in [-0.3, -0.25) is 0 Å². The summed E-state index contributed by atoms with van der Waals surface area (Å²) in [5, 5.41) is 10.1. The molecule has 1 heterocycles. The minimum Gasteiger partial charge on any atom is -0.308 e. The van der Waals surface area contributed by atoms with Crippen LogP contribution < -0.4 is 4.90 Å². The molecule has 13 rings (SSSR count). The predicted molar refractivity (Wildman–Crippen MR) is 294 cm³/mol. The summed E-state index contributed by atoms with van der Waals surface area (Å²) in [4.78, 5) is 2.50. The van der Waals surface area contributed by atoms with Gasteiger partial charge in [0.15, 0.2) is 0 Å². The maximum atomic E-state index is 2.50. The Bertz CT molecular complexity index is 4000. The zero-order chi connectivity index (χ0) is 45.0. The van der Waals surface area contributed by atoms with Gasteiger partial charge in [0.25, 0.3) is 0 Å². The van der Waals surface area contributed by atoms with Crippen LogP contribution in [0.25, 0.3) is 108 Å². The van der Waals surface area contributed by atoms with Crippen LogP contribution in [0.1, 0.15) is 0 Å². The van der Waals surface area contributed by atoms with Gasteiger partial charge in [0.2, 0.25) is 0 Å². The van der Waals surface area contributed by atoms with Gasteiger partial charge in [0.1, 0.15) is 0 Å². The molecule has 0 aliphatic carbocycles. The van der Waals surface area contributed by atoms with E-state index in [9.17, 15) is 0 Å². The molecule has 318 valence electrons. The highest BCUT2D eigenvalue weighted by Gasteiger charge is 2.24. The zero-order valence-electron chi connectivity index (χ0n) is 37.2. The molecule has 0 unspecified atom stereocenters. The minimum atomic E-state index is 1.09. The Balaban J connectivity index is 0.979. The van der Waals surface area contributed by atoms with Crippen molar-refractivity contribution >= 4 is 80.9 Å². The Hall–Kier alpha value is -8.56. The third kappa shape index (κ3) is 7.02. The number of hydrogen-bond acceptors (Lipinski definition) is 2. The number of fused-ring (bicyclic) bond motifs is 7. The summed E-state index contributed by atoms with van der Waals surface area (Å²) in [6.45, 7) is 0. The normalized spacial score (nSPS) is 11.5. The van der Waals surface area contributed by atoms with Gasteiger partial charge in [-0.1, -0.05) is 206 Å². The summed E-state index contributed by atoms with van der Waals surface area (Å²) in [5.74, 6) is 0. The van der Waals surface area contributed by atoms with Gasteiger partial charge >= 0.3 is 0 Å². The third-order valence-corrected chi connectivity index (χ3v) is 14.9. The van der Waals surface area contributed by atoms with Crippen LogP contribution in [0.5, 0.6) is 0 Å². The second kappa shape index (κ2) is 16.7. The molecular weight excluding hydrogens is 839 g/mol. The molecule has 0 saturated carbocycles. The lowest BCUT2D eigenvalue weighted by molar-refractivity contribution is 1.30. The fourth-order valence-electron chi connectivity index (χ4n) is 10.2. The largest absolute Gasteiger partial charge is 0.308 e. The Morgan fingerprint density at radius 1 is 0.250 bits per heavy atom. The number of rotatable bonds is 8. The van der Waals surface area contributed by atoms with Gasteiger partial charge in [0, 0.05) is 32.3 Å². The maximum absolute atomic E-state index is 2.50. The molecule has 0 aliphatic rings. The van der Waals surface area contributed by atoms with Crippen molar-refractivity contribution in [3.05, 3.63) is 261 Å². The lowest BCUT2D eigenvalue weighted by atomic mass is 9.95. The topological polar surface area (TPSA) is 3.24 Å². The van der Waals surface area contributed by atoms with Crippen molar-refractivity contribution in [2.24, 2.45) is 0 Å². The molecule has 0 bridgehead atoms. The Kier molecular flexibility index (Phi) is 9.77. The first-order valence-electron chi connectivity index (χ1n) is 23.3. The Morgan fingerprint density at radius 2 is 0.721 bits per heavy atom. The van der Waals surface area contributed by atoms with Gasteiger partial charge in [-0.25, -0.2) is 0 Å². The molecule has 0 aliphatic heterocycles. The number of hydrogen-bond donors (Lipinski definition) is 0. The van der Waals surface area contributed by atoms with Crippen LogP contribution in [0.15, 0.2) is 261 Å². The van der Waals surface area contributed by atoms with Crippen LogP contribution in [-0.4, -0.2) is 0 Å². The highest BCUT2D eigenvalue weighted by atomic mass is 32.1. The van der Waals surface area contributed by atoms with E-state index in [2.05, 4.69) is 266 Å². The van der Waals surface area contributed by atoms with Crippen LogP contribution >= 0.6 is 11.3 Å². The molecule has 1 aromatic heterocycles. The summed E-state index contributed by atoms with van der Waals surface area (Å²) >= 11 is 1.90. The van der Waals surface area contributed by atoms with E-state index in [1.807, 2.05) is 11.3 Å². The molecule has 0 saturated heterocycles. The summed E-state index contributed by atoms with van der Waals surface area (Å²) in [5.41, 5.74) is 15.4. The first-order valence-corrected chi connectivity index (χ1v) is 24.1. The number of anilines is 3.